The molecule has 0 radical (unpaired) electrons. The Morgan fingerprint density at radius 3 is 1.20 bits per heavy atom. The predicted molar refractivity (Wildman–Crippen MR) is 293 cm³/mol. The van der Waals surface area contributed by atoms with Crippen molar-refractivity contribution in [2.45, 2.75) is 277 Å². The van der Waals surface area contributed by atoms with Crippen molar-refractivity contribution in [2.75, 3.05) is 26.4 Å². The van der Waals surface area contributed by atoms with Gasteiger partial charge in [-0.1, -0.05) is 242 Å². The zero-order chi connectivity index (χ0) is 50.2. The Morgan fingerprint density at radius 2 is 0.797 bits per heavy atom. The SMILES string of the molecule is CC/C=C\C/C=C\C/C=C\C/C=C\CCCCCCC(=O)OC(COC(=O)CCCCCCCCCCCCCCCCCCCCC/C=C\CCCCCCCCCC)COP(=O)(O)OCCN. The van der Waals surface area contributed by atoms with Gasteiger partial charge >= 0.3 is 19.8 Å². The molecule has 0 fully saturated rings. The van der Waals surface area contributed by atoms with E-state index in [2.05, 4.69) is 74.6 Å². The molecule has 0 heterocycles. The molecule has 2 unspecified atom stereocenters. The van der Waals surface area contributed by atoms with Gasteiger partial charge in [-0.15, -0.1) is 0 Å². The molecule has 402 valence electrons. The van der Waals surface area contributed by atoms with Crippen LogP contribution in [0.25, 0.3) is 0 Å². The van der Waals surface area contributed by atoms with E-state index in [1.807, 2.05) is 0 Å². The molecule has 0 aromatic heterocycles. The highest BCUT2D eigenvalue weighted by atomic mass is 31.2. The monoisotopic (exact) mass is 990 g/mol. The smallest absolute Gasteiger partial charge is 0.462 e. The zero-order valence-electron chi connectivity index (χ0n) is 44.8. The summed E-state index contributed by atoms with van der Waals surface area (Å²) in [5.41, 5.74) is 5.37. The summed E-state index contributed by atoms with van der Waals surface area (Å²) in [6, 6.07) is 0. The molecule has 0 aliphatic carbocycles. The Hall–Kier alpha value is -2.29. The van der Waals surface area contributed by atoms with Crippen LogP contribution in [0, 0.1) is 0 Å². The zero-order valence-corrected chi connectivity index (χ0v) is 45.7. The fraction of sp³-hybridized carbons (Fsp3) is 0.797. The van der Waals surface area contributed by atoms with Crippen molar-refractivity contribution in [1.82, 2.24) is 0 Å². The van der Waals surface area contributed by atoms with E-state index in [9.17, 15) is 19.0 Å². The van der Waals surface area contributed by atoms with E-state index in [1.165, 1.54) is 167 Å². The average Bonchev–Trinajstić information content (AvgIpc) is 3.34. The van der Waals surface area contributed by atoms with Gasteiger partial charge in [0.1, 0.15) is 6.61 Å². The van der Waals surface area contributed by atoms with Gasteiger partial charge in [-0.05, 0) is 77.0 Å². The number of nitrogens with two attached hydrogens (primary N) is 1. The molecule has 0 amide bonds. The number of ether oxygens (including phenoxy) is 2. The van der Waals surface area contributed by atoms with Gasteiger partial charge in [-0.2, -0.15) is 0 Å². The van der Waals surface area contributed by atoms with Crippen LogP contribution < -0.4 is 5.73 Å². The molecule has 0 aromatic carbocycles. The first-order valence-electron chi connectivity index (χ1n) is 28.8. The van der Waals surface area contributed by atoms with Crippen LogP contribution in [0.15, 0.2) is 60.8 Å². The quantitative estimate of drug-likeness (QED) is 0.0264. The molecule has 0 aliphatic heterocycles. The Labute approximate surface area is 425 Å². The lowest BCUT2D eigenvalue weighted by Gasteiger charge is -2.19. The first kappa shape index (κ1) is 66.7. The minimum Gasteiger partial charge on any atom is -0.462 e. The molecule has 2 atom stereocenters. The first-order valence-corrected chi connectivity index (χ1v) is 30.3. The second kappa shape index (κ2) is 55.0. The third-order valence-corrected chi connectivity index (χ3v) is 13.4. The van der Waals surface area contributed by atoms with E-state index in [4.69, 9.17) is 24.3 Å². The molecule has 0 saturated carbocycles. The highest BCUT2D eigenvalue weighted by Crippen LogP contribution is 2.43. The van der Waals surface area contributed by atoms with E-state index in [0.717, 1.165) is 70.6 Å². The van der Waals surface area contributed by atoms with Gasteiger partial charge in [0.15, 0.2) is 6.10 Å². The van der Waals surface area contributed by atoms with E-state index in [1.54, 1.807) is 0 Å². The first-order chi connectivity index (χ1) is 33.8. The van der Waals surface area contributed by atoms with Crippen LogP contribution >= 0.6 is 7.82 Å². The molecule has 69 heavy (non-hydrogen) atoms. The van der Waals surface area contributed by atoms with Crippen LogP contribution in [0.1, 0.15) is 271 Å². The molecule has 10 heteroatoms. The lowest BCUT2D eigenvalue weighted by molar-refractivity contribution is -0.161. The number of phosphoric acid groups is 1. The van der Waals surface area contributed by atoms with Crippen LogP contribution in [0.2, 0.25) is 0 Å². The maximum Gasteiger partial charge on any atom is 0.472 e. The van der Waals surface area contributed by atoms with Gasteiger partial charge in [0.2, 0.25) is 0 Å². The number of esters is 2. The van der Waals surface area contributed by atoms with Crippen molar-refractivity contribution in [3.8, 4) is 0 Å². The van der Waals surface area contributed by atoms with E-state index in [-0.39, 0.29) is 38.6 Å². The third-order valence-electron chi connectivity index (χ3n) is 12.4. The topological polar surface area (TPSA) is 134 Å². The number of allylic oxidation sites excluding steroid dienone is 10. The van der Waals surface area contributed by atoms with Gasteiger partial charge in [0.25, 0.3) is 0 Å². The van der Waals surface area contributed by atoms with Crippen LogP contribution in [-0.4, -0.2) is 49.3 Å². The highest BCUT2D eigenvalue weighted by Gasteiger charge is 2.26. The van der Waals surface area contributed by atoms with Gasteiger partial charge in [-0.25, -0.2) is 4.57 Å². The Morgan fingerprint density at radius 1 is 0.449 bits per heavy atom. The number of carbonyl (C=O) groups is 2. The maximum atomic E-state index is 12.6. The summed E-state index contributed by atoms with van der Waals surface area (Å²) in [6.07, 6.45) is 68.7. The van der Waals surface area contributed by atoms with Crippen molar-refractivity contribution in [2.24, 2.45) is 5.73 Å². The summed E-state index contributed by atoms with van der Waals surface area (Å²) in [5, 5.41) is 0. The molecule has 0 aliphatic rings. The summed E-state index contributed by atoms with van der Waals surface area (Å²) in [6.45, 7) is 3.62. The second-order valence-corrected chi connectivity index (χ2v) is 20.6. The minimum atomic E-state index is -4.39. The second-order valence-electron chi connectivity index (χ2n) is 19.1. The van der Waals surface area contributed by atoms with Crippen LogP contribution in [0.4, 0.5) is 0 Å². The molecule has 3 N–H and O–H groups in total. The van der Waals surface area contributed by atoms with E-state index >= 15 is 0 Å². The number of unbranched alkanes of at least 4 members (excludes halogenated alkanes) is 31. The number of rotatable bonds is 54. The fourth-order valence-electron chi connectivity index (χ4n) is 8.15. The number of phosphoric ester groups is 1. The van der Waals surface area contributed by atoms with E-state index in [0.29, 0.717) is 6.42 Å². The largest absolute Gasteiger partial charge is 0.472 e. The minimum absolute atomic E-state index is 0.0478. The molecule has 0 aromatic rings. The summed E-state index contributed by atoms with van der Waals surface area (Å²) in [4.78, 5) is 35.1. The predicted octanol–water partition coefficient (Wildman–Crippen LogP) is 18.0. The molecule has 0 rings (SSSR count). The van der Waals surface area contributed by atoms with Crippen molar-refractivity contribution < 1.29 is 37.6 Å². The number of carbonyl (C=O) groups excluding carboxylic acids is 2. The number of hydrogen-bond donors (Lipinski definition) is 2. The average molecular weight is 990 g/mol. The Kier molecular flexibility index (Phi) is 53.2. The summed E-state index contributed by atoms with van der Waals surface area (Å²) in [7, 11) is -4.39. The summed E-state index contributed by atoms with van der Waals surface area (Å²) >= 11 is 0. The normalized spacial score (nSPS) is 13.5. The van der Waals surface area contributed by atoms with Gasteiger partial charge < -0.3 is 20.1 Å². The van der Waals surface area contributed by atoms with Gasteiger partial charge in [0, 0.05) is 19.4 Å². The molecule has 9 nitrogen and oxygen atoms in total. The van der Waals surface area contributed by atoms with Crippen LogP contribution in [0.5, 0.6) is 0 Å². The lowest BCUT2D eigenvalue weighted by Crippen LogP contribution is -2.29. The van der Waals surface area contributed by atoms with Crippen LogP contribution in [-0.2, 0) is 32.7 Å². The summed E-state index contributed by atoms with van der Waals surface area (Å²) in [5.74, 6) is -0.849. The van der Waals surface area contributed by atoms with Gasteiger partial charge in [0.05, 0.1) is 13.2 Å². The van der Waals surface area contributed by atoms with Crippen molar-refractivity contribution in [1.29, 1.82) is 0 Å². The van der Waals surface area contributed by atoms with Crippen molar-refractivity contribution in [3.05, 3.63) is 60.8 Å². The molecular formula is C59H108NO8P. The van der Waals surface area contributed by atoms with E-state index < -0.39 is 26.5 Å². The molecule has 0 spiro atoms. The highest BCUT2D eigenvalue weighted by molar-refractivity contribution is 7.47. The van der Waals surface area contributed by atoms with Crippen molar-refractivity contribution >= 4 is 19.8 Å². The Balaban J connectivity index is 3.90. The Bertz CT molecular complexity index is 1310. The molecule has 0 bridgehead atoms. The lowest BCUT2D eigenvalue weighted by atomic mass is 10.0. The van der Waals surface area contributed by atoms with Crippen molar-refractivity contribution in [3.63, 3.8) is 0 Å². The number of hydrogen-bond acceptors (Lipinski definition) is 8. The third kappa shape index (κ3) is 54.9. The standard InChI is InChI=1S/C59H108NO8P/c1-3-5-7-9-11-13-15-17-19-21-22-23-24-25-26-27-28-29-30-31-32-33-34-36-37-39-41-43-45-47-49-51-58(61)65-55-57(56-67-69(63,64)66-54-53-60)68-59(62)52-50-48-46-44-42-40-38-35-20-18-16-14-12-10-8-6-4-2/h6,8,12,14,18,20-22,38,40,57H,3-5,7,9-11,13,15-17,19,23-37,39,41-56,60H2,1-2H3,(H,63,64)/b8-6-,14-12-,20-18-,22-21-,40-38-. The fourth-order valence-corrected chi connectivity index (χ4v) is 8.92. The molecule has 0 saturated heterocycles. The van der Waals surface area contributed by atoms with Crippen LogP contribution in [0.3, 0.4) is 0 Å². The maximum absolute atomic E-state index is 12.6. The summed E-state index contributed by atoms with van der Waals surface area (Å²) < 4.78 is 33.0. The van der Waals surface area contributed by atoms with Gasteiger partial charge in [-0.3, -0.25) is 18.6 Å². The molecular weight excluding hydrogens is 882 g/mol.